The molecular weight excluding hydrogens is 280 g/mol. The Hall–Kier alpha value is -0.600. The Bertz CT molecular complexity index is 329. The molecule has 1 saturated carbocycles. The molecule has 0 bridgehead atoms. The lowest BCUT2D eigenvalue weighted by molar-refractivity contribution is 0.256. The van der Waals surface area contributed by atoms with E-state index in [0.717, 1.165) is 24.3 Å². The Balaban J connectivity index is 0.000000358. The van der Waals surface area contributed by atoms with Gasteiger partial charge in [0.25, 0.3) is 0 Å². The van der Waals surface area contributed by atoms with Crippen LogP contribution in [0.25, 0.3) is 0 Å². The summed E-state index contributed by atoms with van der Waals surface area (Å²) in [6, 6.07) is 0.648. The molecule has 4 unspecified atom stereocenters. The van der Waals surface area contributed by atoms with E-state index in [4.69, 9.17) is 0 Å². The number of nitrogens with one attached hydrogen (secondary N) is 1. The second-order valence-corrected chi connectivity index (χ2v) is 6.96. The smallest absolute Gasteiger partial charge is 0.0309 e. The molecule has 0 aromatic rings. The van der Waals surface area contributed by atoms with E-state index in [2.05, 4.69) is 50.3 Å². The van der Waals surface area contributed by atoms with E-state index in [0.29, 0.717) is 11.5 Å². The van der Waals surface area contributed by atoms with Gasteiger partial charge < -0.3 is 5.32 Å². The summed E-state index contributed by atoms with van der Waals surface area (Å²) in [5.74, 6) is 2.57. The Morgan fingerprint density at radius 1 is 1.09 bits per heavy atom. The minimum Gasteiger partial charge on any atom is -0.316 e. The lowest BCUT2D eigenvalue weighted by atomic mass is 10.0. The van der Waals surface area contributed by atoms with Gasteiger partial charge in [-0.25, -0.2) is 0 Å². The van der Waals surface area contributed by atoms with Crippen molar-refractivity contribution in [3.63, 3.8) is 0 Å². The quantitative estimate of drug-likeness (QED) is 0.721. The van der Waals surface area contributed by atoms with Crippen LogP contribution in [-0.4, -0.2) is 37.6 Å². The molecule has 2 nitrogen and oxygen atoms in total. The number of fused-ring (bicyclic) bond motifs is 1. The molecule has 2 heteroatoms. The van der Waals surface area contributed by atoms with E-state index >= 15 is 0 Å². The number of nitrogens with zero attached hydrogens (tertiary/aromatic N) is 1. The van der Waals surface area contributed by atoms with Crippen LogP contribution in [0.15, 0.2) is 25.3 Å². The molecule has 3 fully saturated rings. The van der Waals surface area contributed by atoms with Gasteiger partial charge >= 0.3 is 0 Å². The fourth-order valence-corrected chi connectivity index (χ4v) is 3.93. The van der Waals surface area contributed by atoms with E-state index in [1.807, 2.05) is 33.8 Å². The third-order valence-corrected chi connectivity index (χ3v) is 5.41. The van der Waals surface area contributed by atoms with Crippen LogP contribution in [-0.2, 0) is 0 Å². The average Bonchev–Trinajstić information content (AvgIpc) is 2.96. The van der Waals surface area contributed by atoms with E-state index in [1.165, 1.54) is 25.9 Å². The number of hydrogen-bond donors (Lipinski definition) is 1. The van der Waals surface area contributed by atoms with Gasteiger partial charge in [-0.2, -0.15) is 0 Å². The highest BCUT2D eigenvalue weighted by Crippen LogP contribution is 2.64. The average molecular weight is 323 g/mol. The predicted octanol–water partition coefficient (Wildman–Crippen LogP) is 4.98. The fraction of sp³-hybridized carbons (Fsp3) is 0.810. The van der Waals surface area contributed by atoms with Crippen molar-refractivity contribution in [3.8, 4) is 0 Å². The van der Waals surface area contributed by atoms with Crippen molar-refractivity contribution in [2.24, 2.45) is 23.2 Å². The Kier molecular flexibility index (Phi) is 10.8. The van der Waals surface area contributed by atoms with Gasteiger partial charge in [0, 0.05) is 19.1 Å². The monoisotopic (exact) mass is 322 g/mol. The van der Waals surface area contributed by atoms with Gasteiger partial charge in [0.05, 0.1) is 0 Å². The van der Waals surface area contributed by atoms with Crippen molar-refractivity contribution >= 4 is 0 Å². The highest BCUT2D eigenvalue weighted by molar-refractivity contribution is 5.19. The SMILES string of the molecule is C=CC1C2C(CN1C)C2(C)C.C=CC1CCCNC1.CC.CC. The topological polar surface area (TPSA) is 15.3 Å². The first-order valence-corrected chi connectivity index (χ1v) is 9.68. The van der Waals surface area contributed by atoms with E-state index in [9.17, 15) is 0 Å². The number of likely N-dealkylation sites (N-methyl/N-ethyl adjacent to an activating group) is 1. The Morgan fingerprint density at radius 2 is 1.70 bits per heavy atom. The standard InChI is InChI=1S/C10H17N.C7H13N.2C2H6/c1-5-8-9-7(6-11(8)4)10(9,2)3;1-2-7-4-3-5-8-6-7;2*1-2/h5,7-9H,1,6H2,2-4H3;2,7-8H,1,3-6H2;2*1-2H3. The number of piperidine rings is 2. The van der Waals surface area contributed by atoms with Crippen molar-refractivity contribution in [2.45, 2.75) is 60.4 Å². The molecule has 23 heavy (non-hydrogen) atoms. The summed E-state index contributed by atoms with van der Waals surface area (Å²) in [4.78, 5) is 2.42. The number of likely N-dealkylation sites (tertiary alicyclic amines) is 1. The molecule has 0 amide bonds. The third kappa shape index (κ3) is 5.76. The first-order valence-electron chi connectivity index (χ1n) is 9.68. The molecular formula is C21H42N2. The zero-order valence-electron chi connectivity index (χ0n) is 16.9. The lowest BCUT2D eigenvalue weighted by Gasteiger charge is -2.24. The summed E-state index contributed by atoms with van der Waals surface area (Å²) in [5, 5.41) is 3.31. The van der Waals surface area contributed by atoms with Gasteiger partial charge in [-0.05, 0) is 49.6 Å². The highest BCUT2D eigenvalue weighted by atomic mass is 15.2. The van der Waals surface area contributed by atoms with Crippen LogP contribution in [0, 0.1) is 23.2 Å². The Morgan fingerprint density at radius 3 is 2.00 bits per heavy atom. The van der Waals surface area contributed by atoms with Gasteiger partial charge in [-0.3, -0.25) is 4.90 Å². The molecule has 3 rings (SSSR count). The molecule has 0 spiro atoms. The second kappa shape index (κ2) is 11.0. The third-order valence-electron chi connectivity index (χ3n) is 5.41. The van der Waals surface area contributed by atoms with Crippen molar-refractivity contribution in [2.75, 3.05) is 26.7 Å². The summed E-state index contributed by atoms with van der Waals surface area (Å²) in [6.07, 6.45) is 6.80. The number of hydrogen-bond acceptors (Lipinski definition) is 2. The molecule has 136 valence electrons. The van der Waals surface area contributed by atoms with Crippen LogP contribution in [0.3, 0.4) is 0 Å². The molecule has 0 aromatic heterocycles. The maximum atomic E-state index is 3.89. The van der Waals surface area contributed by atoms with Crippen LogP contribution >= 0.6 is 0 Å². The zero-order valence-corrected chi connectivity index (χ0v) is 16.9. The van der Waals surface area contributed by atoms with E-state index < -0.39 is 0 Å². The zero-order chi connectivity index (χ0) is 18.0. The first-order chi connectivity index (χ1) is 11.0. The molecule has 3 aliphatic rings. The van der Waals surface area contributed by atoms with Crippen molar-refractivity contribution in [1.82, 2.24) is 10.2 Å². The van der Waals surface area contributed by atoms with Gasteiger partial charge in [0.2, 0.25) is 0 Å². The minimum atomic E-state index is 0.603. The summed E-state index contributed by atoms with van der Waals surface area (Å²) < 4.78 is 0. The van der Waals surface area contributed by atoms with Crippen molar-refractivity contribution in [1.29, 1.82) is 0 Å². The summed E-state index contributed by atoms with van der Waals surface area (Å²) >= 11 is 0. The van der Waals surface area contributed by atoms with Gasteiger partial charge in [-0.1, -0.05) is 53.7 Å². The van der Waals surface area contributed by atoms with Crippen LogP contribution in [0.4, 0.5) is 0 Å². The second-order valence-electron chi connectivity index (χ2n) is 6.96. The predicted molar refractivity (Wildman–Crippen MR) is 106 cm³/mol. The summed E-state index contributed by atoms with van der Waals surface area (Å²) in [7, 11) is 2.20. The van der Waals surface area contributed by atoms with E-state index in [1.54, 1.807) is 0 Å². The molecule has 2 saturated heterocycles. The summed E-state index contributed by atoms with van der Waals surface area (Å²) in [6.45, 7) is 24.0. The molecule has 0 radical (unpaired) electrons. The largest absolute Gasteiger partial charge is 0.316 e. The van der Waals surface area contributed by atoms with Crippen LogP contribution in [0.2, 0.25) is 0 Å². The van der Waals surface area contributed by atoms with E-state index in [-0.39, 0.29) is 0 Å². The first kappa shape index (κ1) is 22.4. The molecule has 1 aliphatic carbocycles. The van der Waals surface area contributed by atoms with Crippen molar-refractivity contribution < 1.29 is 0 Å². The molecule has 1 N–H and O–H groups in total. The lowest BCUT2D eigenvalue weighted by Crippen LogP contribution is -2.30. The maximum Gasteiger partial charge on any atom is 0.0309 e. The summed E-state index contributed by atoms with van der Waals surface area (Å²) in [5.41, 5.74) is 0.603. The van der Waals surface area contributed by atoms with Gasteiger partial charge in [-0.15, -0.1) is 13.2 Å². The van der Waals surface area contributed by atoms with Crippen molar-refractivity contribution in [3.05, 3.63) is 25.3 Å². The molecule has 2 aliphatic heterocycles. The minimum absolute atomic E-state index is 0.603. The van der Waals surface area contributed by atoms with Crippen LogP contribution in [0.5, 0.6) is 0 Å². The van der Waals surface area contributed by atoms with Crippen LogP contribution < -0.4 is 5.32 Å². The van der Waals surface area contributed by atoms with Crippen LogP contribution in [0.1, 0.15) is 54.4 Å². The van der Waals surface area contributed by atoms with Gasteiger partial charge in [0.1, 0.15) is 0 Å². The normalized spacial score (nSPS) is 33.3. The maximum absolute atomic E-state index is 3.89. The molecule has 0 aromatic carbocycles. The fourth-order valence-electron chi connectivity index (χ4n) is 3.93. The highest BCUT2D eigenvalue weighted by Gasteiger charge is 2.64. The number of rotatable bonds is 2. The Labute approximate surface area is 146 Å². The molecule has 2 heterocycles. The van der Waals surface area contributed by atoms with Gasteiger partial charge in [0.15, 0.2) is 0 Å². The molecule has 4 atom stereocenters.